The Balaban J connectivity index is 1.52. The summed E-state index contributed by atoms with van der Waals surface area (Å²) in [4.78, 5) is 25.6. The molecule has 0 radical (unpaired) electrons. The van der Waals surface area contributed by atoms with Crippen molar-refractivity contribution in [3.63, 3.8) is 0 Å². The molecule has 0 aliphatic carbocycles. The van der Waals surface area contributed by atoms with Gasteiger partial charge in [-0.25, -0.2) is 4.68 Å². The van der Waals surface area contributed by atoms with Gasteiger partial charge < -0.3 is 10.2 Å². The minimum Gasteiger partial charge on any atom is -0.370 e. The number of benzene rings is 2. The van der Waals surface area contributed by atoms with Gasteiger partial charge >= 0.3 is 0 Å². The molecule has 1 N–H and O–H groups in total. The standard InChI is InChI=1S/C21H21ClN6O3/c1-14-20(24-25-27(14)16-6-5-7-17(13-16)28(30)31)21(29)23-15-8-9-19(18(22)12-15)26-10-3-2-4-11-26/h5-9,12-13H,2-4,10-11H2,1H3,(H,23,29). The Labute approximate surface area is 183 Å². The van der Waals surface area contributed by atoms with Crippen molar-refractivity contribution in [3.8, 4) is 5.69 Å². The van der Waals surface area contributed by atoms with Crippen molar-refractivity contribution in [1.29, 1.82) is 0 Å². The summed E-state index contributed by atoms with van der Waals surface area (Å²) in [7, 11) is 0. The number of nitrogens with zero attached hydrogens (tertiary/aromatic N) is 5. The van der Waals surface area contributed by atoms with Crippen LogP contribution in [0.5, 0.6) is 0 Å². The molecule has 2 heterocycles. The molecule has 1 saturated heterocycles. The topological polar surface area (TPSA) is 106 Å². The summed E-state index contributed by atoms with van der Waals surface area (Å²) in [5.74, 6) is -0.434. The van der Waals surface area contributed by atoms with Crippen LogP contribution in [0.4, 0.5) is 17.1 Å². The first-order valence-corrected chi connectivity index (χ1v) is 10.3. The normalized spacial score (nSPS) is 13.8. The number of nitro benzene ring substituents is 1. The molecule has 10 heteroatoms. The van der Waals surface area contributed by atoms with Crippen LogP contribution in [-0.4, -0.2) is 38.9 Å². The third kappa shape index (κ3) is 4.36. The Kier molecular flexibility index (Phi) is 5.85. The first kappa shape index (κ1) is 20.8. The minimum absolute atomic E-state index is 0.0677. The van der Waals surface area contributed by atoms with E-state index >= 15 is 0 Å². The molecule has 0 unspecified atom stereocenters. The number of aromatic nitrogens is 3. The molecule has 0 bridgehead atoms. The highest BCUT2D eigenvalue weighted by Gasteiger charge is 2.20. The second-order valence-corrected chi connectivity index (χ2v) is 7.79. The van der Waals surface area contributed by atoms with Gasteiger partial charge in [0.05, 0.1) is 27.0 Å². The Morgan fingerprint density at radius 3 is 2.65 bits per heavy atom. The van der Waals surface area contributed by atoms with Crippen molar-refractivity contribution >= 4 is 34.6 Å². The molecule has 1 amide bonds. The Hall–Kier alpha value is -3.46. The summed E-state index contributed by atoms with van der Waals surface area (Å²) < 4.78 is 1.40. The third-order valence-corrected chi connectivity index (χ3v) is 5.60. The van der Waals surface area contributed by atoms with E-state index in [1.807, 2.05) is 12.1 Å². The lowest BCUT2D eigenvalue weighted by Gasteiger charge is -2.29. The van der Waals surface area contributed by atoms with Gasteiger partial charge in [0, 0.05) is 30.9 Å². The molecule has 1 aliphatic rings. The first-order chi connectivity index (χ1) is 14.9. The number of carbonyl (C=O) groups is 1. The highest BCUT2D eigenvalue weighted by Crippen LogP contribution is 2.31. The maximum absolute atomic E-state index is 12.8. The number of hydrogen-bond donors (Lipinski definition) is 1. The van der Waals surface area contributed by atoms with Gasteiger partial charge in [-0.2, -0.15) is 0 Å². The molecule has 4 rings (SSSR count). The number of piperidine rings is 1. The molecular formula is C21H21ClN6O3. The number of non-ortho nitro benzene ring substituents is 1. The SMILES string of the molecule is Cc1c(C(=O)Nc2ccc(N3CCCCC3)c(Cl)c2)nnn1-c1cccc([N+](=O)[O-])c1. The monoisotopic (exact) mass is 440 g/mol. The maximum Gasteiger partial charge on any atom is 0.278 e. The number of halogens is 1. The van der Waals surface area contributed by atoms with Crippen LogP contribution in [0, 0.1) is 17.0 Å². The Bertz CT molecular complexity index is 1140. The molecule has 2 aromatic carbocycles. The summed E-state index contributed by atoms with van der Waals surface area (Å²) >= 11 is 6.47. The summed E-state index contributed by atoms with van der Waals surface area (Å²) in [5, 5.41) is 22.4. The van der Waals surface area contributed by atoms with Gasteiger partial charge in [0.2, 0.25) is 0 Å². The first-order valence-electron chi connectivity index (χ1n) is 9.97. The van der Waals surface area contributed by atoms with Crippen LogP contribution in [0.15, 0.2) is 42.5 Å². The lowest BCUT2D eigenvalue weighted by Crippen LogP contribution is -2.29. The molecule has 0 saturated carbocycles. The molecule has 0 atom stereocenters. The number of rotatable bonds is 5. The van der Waals surface area contributed by atoms with Gasteiger partial charge in [-0.15, -0.1) is 5.10 Å². The summed E-state index contributed by atoms with van der Waals surface area (Å²) in [5.41, 5.74) is 2.50. The van der Waals surface area contributed by atoms with Crippen molar-refractivity contribution in [3.05, 3.63) is 69.0 Å². The second-order valence-electron chi connectivity index (χ2n) is 7.38. The number of hydrogen-bond acceptors (Lipinski definition) is 6. The van der Waals surface area contributed by atoms with Crippen molar-refractivity contribution < 1.29 is 9.72 Å². The summed E-state index contributed by atoms with van der Waals surface area (Å²) in [6.45, 7) is 3.64. The molecule has 3 aromatic rings. The smallest absolute Gasteiger partial charge is 0.278 e. The highest BCUT2D eigenvalue weighted by molar-refractivity contribution is 6.33. The molecular weight excluding hydrogens is 420 g/mol. The van der Waals surface area contributed by atoms with E-state index in [9.17, 15) is 14.9 Å². The predicted octanol–water partition coefficient (Wildman–Crippen LogP) is 4.38. The fourth-order valence-corrected chi connectivity index (χ4v) is 3.99. The van der Waals surface area contributed by atoms with Crippen molar-refractivity contribution in [2.45, 2.75) is 26.2 Å². The van der Waals surface area contributed by atoms with Gasteiger partial charge in [0.1, 0.15) is 0 Å². The van der Waals surface area contributed by atoms with Crippen LogP contribution < -0.4 is 10.2 Å². The predicted molar refractivity (Wildman–Crippen MR) is 118 cm³/mol. The van der Waals surface area contributed by atoms with Crippen LogP contribution >= 0.6 is 11.6 Å². The number of amides is 1. The van der Waals surface area contributed by atoms with E-state index in [1.54, 1.807) is 25.1 Å². The number of carbonyl (C=O) groups excluding carboxylic acids is 1. The zero-order chi connectivity index (χ0) is 22.0. The molecule has 1 aromatic heterocycles. The average Bonchev–Trinajstić information content (AvgIpc) is 3.16. The molecule has 1 fully saturated rings. The molecule has 1 aliphatic heterocycles. The summed E-state index contributed by atoms with van der Waals surface area (Å²) in [6.07, 6.45) is 3.53. The third-order valence-electron chi connectivity index (χ3n) is 5.30. The zero-order valence-corrected chi connectivity index (χ0v) is 17.7. The van der Waals surface area contributed by atoms with E-state index in [2.05, 4.69) is 20.5 Å². The fourth-order valence-electron chi connectivity index (χ4n) is 3.69. The van der Waals surface area contributed by atoms with Crippen LogP contribution in [0.25, 0.3) is 5.69 Å². The van der Waals surface area contributed by atoms with E-state index < -0.39 is 10.8 Å². The minimum atomic E-state index is -0.485. The van der Waals surface area contributed by atoms with Crippen LogP contribution in [0.3, 0.4) is 0 Å². The summed E-state index contributed by atoms with van der Waals surface area (Å²) in [6, 6.07) is 11.4. The molecule has 0 spiro atoms. The van der Waals surface area contributed by atoms with E-state index in [1.165, 1.54) is 23.2 Å². The van der Waals surface area contributed by atoms with Crippen LogP contribution in [0.2, 0.25) is 5.02 Å². The fraction of sp³-hybridized carbons (Fsp3) is 0.286. The van der Waals surface area contributed by atoms with E-state index in [0.717, 1.165) is 31.6 Å². The zero-order valence-electron chi connectivity index (χ0n) is 16.9. The lowest BCUT2D eigenvalue weighted by molar-refractivity contribution is -0.384. The number of nitrogens with one attached hydrogen (secondary N) is 1. The lowest BCUT2D eigenvalue weighted by atomic mass is 10.1. The molecule has 9 nitrogen and oxygen atoms in total. The number of nitro groups is 1. The van der Waals surface area contributed by atoms with Gasteiger partial charge in [-0.05, 0) is 50.5 Å². The molecule has 160 valence electrons. The van der Waals surface area contributed by atoms with Crippen molar-refractivity contribution in [2.75, 3.05) is 23.3 Å². The quantitative estimate of drug-likeness (QED) is 0.466. The number of anilines is 2. The van der Waals surface area contributed by atoms with Crippen LogP contribution in [-0.2, 0) is 0 Å². The van der Waals surface area contributed by atoms with Crippen LogP contribution in [0.1, 0.15) is 35.4 Å². The highest BCUT2D eigenvalue weighted by atomic mass is 35.5. The second kappa shape index (κ2) is 8.73. The average molecular weight is 441 g/mol. The van der Waals surface area contributed by atoms with E-state index in [0.29, 0.717) is 22.1 Å². The van der Waals surface area contributed by atoms with Gasteiger partial charge in [0.25, 0.3) is 11.6 Å². The van der Waals surface area contributed by atoms with Crippen molar-refractivity contribution in [1.82, 2.24) is 15.0 Å². The van der Waals surface area contributed by atoms with Crippen molar-refractivity contribution in [2.24, 2.45) is 0 Å². The molecule has 31 heavy (non-hydrogen) atoms. The van der Waals surface area contributed by atoms with E-state index in [-0.39, 0.29) is 11.4 Å². The Morgan fingerprint density at radius 1 is 1.16 bits per heavy atom. The Morgan fingerprint density at radius 2 is 1.94 bits per heavy atom. The maximum atomic E-state index is 12.8. The van der Waals surface area contributed by atoms with Gasteiger partial charge in [-0.1, -0.05) is 22.9 Å². The largest absolute Gasteiger partial charge is 0.370 e. The van der Waals surface area contributed by atoms with E-state index in [4.69, 9.17) is 11.6 Å². The van der Waals surface area contributed by atoms with Gasteiger partial charge in [0.15, 0.2) is 5.69 Å². The van der Waals surface area contributed by atoms with Gasteiger partial charge in [-0.3, -0.25) is 14.9 Å².